The van der Waals surface area contributed by atoms with Crippen LogP contribution in [-0.2, 0) is 11.2 Å². The van der Waals surface area contributed by atoms with Crippen molar-refractivity contribution in [1.29, 1.82) is 0 Å². The summed E-state index contributed by atoms with van der Waals surface area (Å²) >= 11 is 3.41. The van der Waals surface area contributed by atoms with E-state index in [0.717, 1.165) is 10.0 Å². The predicted octanol–water partition coefficient (Wildman–Crippen LogP) is 1.93. The molecule has 0 saturated heterocycles. The van der Waals surface area contributed by atoms with Crippen LogP contribution in [0.2, 0.25) is 0 Å². The number of pyridine rings is 1. The minimum Gasteiger partial charge on any atom is -0.354 e. The first-order valence-electron chi connectivity index (χ1n) is 6.85. The van der Waals surface area contributed by atoms with Gasteiger partial charge in [-0.15, -0.1) is 0 Å². The summed E-state index contributed by atoms with van der Waals surface area (Å²) in [5.41, 5.74) is 1.43. The number of nitrogens with one attached hydrogen (secondary N) is 2. The van der Waals surface area contributed by atoms with E-state index in [0.29, 0.717) is 25.1 Å². The standard InChI is InChI=1S/C16H16BrN3O2/c17-14-6-2-1-4-12(14)10-15(21)19-8-9-20-16(22)13-5-3-7-18-11-13/h1-7,11H,8-10H2,(H,19,21)(H,20,22). The average Bonchev–Trinajstić information content (AvgIpc) is 2.54. The maximum absolute atomic E-state index is 11.8. The monoisotopic (exact) mass is 361 g/mol. The number of carbonyl (C=O) groups is 2. The van der Waals surface area contributed by atoms with E-state index in [1.54, 1.807) is 18.3 Å². The number of halogens is 1. The third-order valence-electron chi connectivity index (χ3n) is 2.97. The number of carbonyl (C=O) groups excluding carboxylic acids is 2. The highest BCUT2D eigenvalue weighted by Crippen LogP contribution is 2.15. The van der Waals surface area contributed by atoms with Gasteiger partial charge in [-0.3, -0.25) is 14.6 Å². The third-order valence-corrected chi connectivity index (χ3v) is 3.74. The van der Waals surface area contributed by atoms with Crippen LogP contribution in [0.4, 0.5) is 0 Å². The molecule has 2 N–H and O–H groups in total. The van der Waals surface area contributed by atoms with Crippen molar-refractivity contribution in [2.45, 2.75) is 6.42 Å². The van der Waals surface area contributed by atoms with Gasteiger partial charge in [0.05, 0.1) is 12.0 Å². The molecule has 0 fully saturated rings. The van der Waals surface area contributed by atoms with E-state index in [9.17, 15) is 9.59 Å². The molecule has 0 aliphatic rings. The number of benzene rings is 1. The van der Waals surface area contributed by atoms with E-state index in [4.69, 9.17) is 0 Å². The van der Waals surface area contributed by atoms with Crippen molar-refractivity contribution in [2.24, 2.45) is 0 Å². The van der Waals surface area contributed by atoms with Gasteiger partial charge in [0, 0.05) is 30.0 Å². The smallest absolute Gasteiger partial charge is 0.252 e. The summed E-state index contributed by atoms with van der Waals surface area (Å²) in [5.74, 6) is -0.282. The van der Waals surface area contributed by atoms with Gasteiger partial charge in [-0.1, -0.05) is 34.1 Å². The molecule has 114 valence electrons. The first kappa shape index (κ1) is 16.2. The Morgan fingerprint density at radius 2 is 1.82 bits per heavy atom. The van der Waals surface area contributed by atoms with Gasteiger partial charge in [0.25, 0.3) is 5.91 Å². The molecule has 0 spiro atoms. The van der Waals surface area contributed by atoms with Gasteiger partial charge in [0.15, 0.2) is 0 Å². The molecule has 0 radical (unpaired) electrons. The minimum absolute atomic E-state index is 0.0810. The lowest BCUT2D eigenvalue weighted by Crippen LogP contribution is -2.35. The van der Waals surface area contributed by atoms with Crippen molar-refractivity contribution in [3.63, 3.8) is 0 Å². The summed E-state index contributed by atoms with van der Waals surface area (Å²) in [7, 11) is 0. The van der Waals surface area contributed by atoms with Gasteiger partial charge in [0.1, 0.15) is 0 Å². The molecular formula is C16H16BrN3O2. The molecule has 1 aromatic heterocycles. The molecule has 0 saturated carbocycles. The van der Waals surface area contributed by atoms with Gasteiger partial charge in [-0.2, -0.15) is 0 Å². The molecule has 2 amide bonds. The lowest BCUT2D eigenvalue weighted by atomic mass is 10.1. The zero-order valence-electron chi connectivity index (χ0n) is 11.9. The molecule has 0 bridgehead atoms. The Labute approximate surface area is 137 Å². The van der Waals surface area contributed by atoms with Crippen LogP contribution < -0.4 is 10.6 Å². The number of hydrogen-bond donors (Lipinski definition) is 2. The molecule has 0 aliphatic heterocycles. The summed E-state index contributed by atoms with van der Waals surface area (Å²) < 4.78 is 0.912. The van der Waals surface area contributed by atoms with E-state index in [1.807, 2.05) is 24.3 Å². The lowest BCUT2D eigenvalue weighted by molar-refractivity contribution is -0.120. The Morgan fingerprint density at radius 1 is 1.05 bits per heavy atom. The maximum Gasteiger partial charge on any atom is 0.252 e. The van der Waals surface area contributed by atoms with Crippen LogP contribution in [-0.4, -0.2) is 29.9 Å². The molecule has 1 aromatic carbocycles. The fourth-order valence-corrected chi connectivity index (χ4v) is 2.28. The second-order valence-corrected chi connectivity index (χ2v) is 5.47. The molecule has 0 atom stereocenters. The number of amides is 2. The molecular weight excluding hydrogens is 346 g/mol. The minimum atomic E-state index is -0.201. The average molecular weight is 362 g/mol. The maximum atomic E-state index is 11.8. The van der Waals surface area contributed by atoms with Crippen LogP contribution in [0.3, 0.4) is 0 Å². The Morgan fingerprint density at radius 3 is 2.55 bits per heavy atom. The van der Waals surface area contributed by atoms with E-state index in [-0.39, 0.29) is 11.8 Å². The molecule has 1 heterocycles. The predicted molar refractivity (Wildman–Crippen MR) is 87.4 cm³/mol. The van der Waals surface area contributed by atoms with Crippen molar-refractivity contribution < 1.29 is 9.59 Å². The first-order chi connectivity index (χ1) is 10.7. The van der Waals surface area contributed by atoms with Crippen LogP contribution in [0.15, 0.2) is 53.3 Å². The first-order valence-corrected chi connectivity index (χ1v) is 7.64. The van der Waals surface area contributed by atoms with E-state index >= 15 is 0 Å². The Bertz CT molecular complexity index is 647. The van der Waals surface area contributed by atoms with Gasteiger partial charge in [-0.25, -0.2) is 0 Å². The van der Waals surface area contributed by atoms with Crippen LogP contribution in [0, 0.1) is 0 Å². The summed E-state index contributed by atoms with van der Waals surface area (Å²) in [4.78, 5) is 27.5. The van der Waals surface area contributed by atoms with Crippen LogP contribution in [0.25, 0.3) is 0 Å². The summed E-state index contributed by atoms with van der Waals surface area (Å²) in [6, 6.07) is 11.0. The van der Waals surface area contributed by atoms with Crippen molar-refractivity contribution in [2.75, 3.05) is 13.1 Å². The zero-order chi connectivity index (χ0) is 15.8. The van der Waals surface area contributed by atoms with E-state index in [2.05, 4.69) is 31.5 Å². The molecule has 0 aliphatic carbocycles. The Kier molecular flexibility index (Phi) is 6.09. The van der Waals surface area contributed by atoms with Crippen molar-refractivity contribution in [3.05, 3.63) is 64.4 Å². The topological polar surface area (TPSA) is 71.1 Å². The van der Waals surface area contributed by atoms with Crippen LogP contribution in [0.5, 0.6) is 0 Å². The van der Waals surface area contributed by atoms with Crippen LogP contribution in [0.1, 0.15) is 15.9 Å². The lowest BCUT2D eigenvalue weighted by Gasteiger charge is -2.08. The second kappa shape index (κ2) is 8.29. The SMILES string of the molecule is O=C(Cc1ccccc1Br)NCCNC(=O)c1cccnc1. The summed E-state index contributed by atoms with van der Waals surface area (Å²) in [6.07, 6.45) is 3.41. The quantitative estimate of drug-likeness (QED) is 0.772. The number of aromatic nitrogens is 1. The molecule has 2 rings (SSSR count). The number of hydrogen-bond acceptors (Lipinski definition) is 3. The highest BCUT2D eigenvalue weighted by Gasteiger charge is 2.07. The second-order valence-electron chi connectivity index (χ2n) is 4.62. The van der Waals surface area contributed by atoms with E-state index in [1.165, 1.54) is 6.20 Å². The van der Waals surface area contributed by atoms with Crippen molar-refractivity contribution in [3.8, 4) is 0 Å². The van der Waals surface area contributed by atoms with E-state index < -0.39 is 0 Å². The molecule has 0 unspecified atom stereocenters. The van der Waals surface area contributed by atoms with Crippen LogP contribution >= 0.6 is 15.9 Å². The normalized spacial score (nSPS) is 10.0. The highest BCUT2D eigenvalue weighted by atomic mass is 79.9. The Hall–Kier alpha value is -2.21. The fraction of sp³-hybridized carbons (Fsp3) is 0.188. The summed E-state index contributed by atoms with van der Waals surface area (Å²) in [5, 5.41) is 5.50. The van der Waals surface area contributed by atoms with Gasteiger partial charge in [-0.05, 0) is 23.8 Å². The highest BCUT2D eigenvalue weighted by molar-refractivity contribution is 9.10. The van der Waals surface area contributed by atoms with Crippen molar-refractivity contribution >= 4 is 27.7 Å². The molecule has 6 heteroatoms. The van der Waals surface area contributed by atoms with Gasteiger partial charge >= 0.3 is 0 Å². The molecule has 2 aromatic rings. The molecule has 22 heavy (non-hydrogen) atoms. The molecule has 5 nitrogen and oxygen atoms in total. The van der Waals surface area contributed by atoms with Gasteiger partial charge in [0.2, 0.25) is 5.91 Å². The van der Waals surface area contributed by atoms with Gasteiger partial charge < -0.3 is 10.6 Å². The zero-order valence-corrected chi connectivity index (χ0v) is 13.5. The Balaban J connectivity index is 1.69. The number of nitrogens with zero attached hydrogens (tertiary/aromatic N) is 1. The number of rotatable bonds is 6. The fourth-order valence-electron chi connectivity index (χ4n) is 1.85. The summed E-state index contributed by atoms with van der Waals surface area (Å²) in [6.45, 7) is 0.755. The largest absolute Gasteiger partial charge is 0.354 e. The third kappa shape index (κ3) is 4.96. The van der Waals surface area contributed by atoms with Crippen molar-refractivity contribution in [1.82, 2.24) is 15.6 Å².